The van der Waals surface area contributed by atoms with Crippen LogP contribution in [0.1, 0.15) is 19.4 Å². The molecule has 0 saturated carbocycles. The van der Waals surface area contributed by atoms with Gasteiger partial charge in [0.15, 0.2) is 0 Å². The third kappa shape index (κ3) is 5.02. The summed E-state index contributed by atoms with van der Waals surface area (Å²) in [6.07, 6.45) is 0.174. The Balaban J connectivity index is 2.05. The molecule has 2 aromatic rings. The summed E-state index contributed by atoms with van der Waals surface area (Å²) in [5.74, 6) is -0.386. The minimum absolute atomic E-state index is 0.00697. The van der Waals surface area contributed by atoms with Crippen molar-refractivity contribution >= 4 is 12.0 Å². The molecular weight excluding hydrogens is 394 g/mol. The molecule has 0 heterocycles. The average molecular weight is 420 g/mol. The monoisotopic (exact) mass is 420 g/mol. The number of rotatable bonds is 9. The molecule has 0 saturated heterocycles. The Kier molecular flexibility index (Phi) is 7.66. The first kappa shape index (κ1) is 23.5. The molecule has 0 bridgehead atoms. The highest BCUT2D eigenvalue weighted by molar-refractivity contribution is 5.86. The highest BCUT2D eigenvalue weighted by Gasteiger charge is 2.54. The molecule has 0 spiro atoms. The molecule has 2 rings (SSSR count). The van der Waals surface area contributed by atoms with E-state index >= 15 is 0 Å². The lowest BCUT2D eigenvalue weighted by Gasteiger charge is -2.40. The Morgan fingerprint density at radius 2 is 1.63 bits per heavy atom. The molecule has 0 radical (unpaired) electrons. The van der Waals surface area contributed by atoms with E-state index in [1.165, 1.54) is 5.48 Å². The Labute approximate surface area is 174 Å². The van der Waals surface area contributed by atoms with E-state index in [0.717, 1.165) is 36.3 Å². The van der Waals surface area contributed by atoms with E-state index in [4.69, 9.17) is 9.94 Å². The van der Waals surface area contributed by atoms with Crippen molar-refractivity contribution in [3.8, 4) is 16.9 Å². The summed E-state index contributed by atoms with van der Waals surface area (Å²) >= 11 is 0. The summed E-state index contributed by atoms with van der Waals surface area (Å²) < 4.78 is 31.6. The first-order valence-electron chi connectivity index (χ1n) is 9.27. The van der Waals surface area contributed by atoms with Crippen LogP contribution >= 0.6 is 0 Å². The molecule has 0 aliphatic heterocycles. The van der Waals surface area contributed by atoms with Crippen molar-refractivity contribution in [1.29, 1.82) is 0 Å². The molecule has 162 valence electrons. The van der Waals surface area contributed by atoms with Gasteiger partial charge in [0.1, 0.15) is 16.9 Å². The van der Waals surface area contributed by atoms with Gasteiger partial charge < -0.3 is 9.84 Å². The first-order chi connectivity index (χ1) is 14.2. The fraction of sp³-hybridized carbons (Fsp3) is 0.318. The van der Waals surface area contributed by atoms with Crippen molar-refractivity contribution in [2.75, 3.05) is 13.7 Å². The van der Waals surface area contributed by atoms with Crippen LogP contribution in [0.3, 0.4) is 0 Å². The normalized spacial score (nSPS) is 15.6. The highest BCUT2D eigenvalue weighted by Crippen LogP contribution is 2.29. The van der Waals surface area contributed by atoms with Gasteiger partial charge in [0.05, 0.1) is 7.11 Å². The maximum absolute atomic E-state index is 13.2. The third-order valence-corrected chi connectivity index (χ3v) is 5.21. The zero-order chi connectivity index (χ0) is 22.4. The second kappa shape index (κ2) is 9.80. The number of halogens is 2. The van der Waals surface area contributed by atoms with Gasteiger partial charge in [-0.25, -0.2) is 14.3 Å². The van der Waals surface area contributed by atoms with E-state index < -0.39 is 23.5 Å². The van der Waals surface area contributed by atoms with Crippen molar-refractivity contribution in [3.05, 3.63) is 60.2 Å². The van der Waals surface area contributed by atoms with Crippen molar-refractivity contribution in [2.24, 2.45) is 0 Å². The minimum atomic E-state index is -3.21. The van der Waals surface area contributed by atoms with Crippen LogP contribution in [-0.2, 0) is 4.79 Å². The molecule has 6 nitrogen and oxygen atoms in total. The maximum atomic E-state index is 13.2. The topological polar surface area (TPSA) is 90.8 Å². The molecule has 0 fully saturated rings. The van der Waals surface area contributed by atoms with Crippen LogP contribution < -0.4 is 15.5 Å². The molecule has 1 unspecified atom stereocenters. The van der Waals surface area contributed by atoms with E-state index in [1.807, 2.05) is 48.5 Å². The zero-order valence-corrected chi connectivity index (χ0v) is 17.0. The number of hydroxylamine groups is 1. The number of amides is 1. The summed E-state index contributed by atoms with van der Waals surface area (Å²) in [5.41, 5.74) is -0.565. The lowest BCUT2D eigenvalue weighted by Crippen LogP contribution is -2.69. The summed E-state index contributed by atoms with van der Waals surface area (Å²) in [4.78, 5) is 11.9. The Hall–Kier alpha value is -2.81. The number of benzene rings is 2. The molecule has 8 heteroatoms. The Morgan fingerprint density at radius 3 is 2.10 bits per heavy atom. The largest absolute Gasteiger partial charge is 0.497 e. The van der Waals surface area contributed by atoms with Gasteiger partial charge in [-0.3, -0.25) is 15.3 Å². The van der Waals surface area contributed by atoms with Gasteiger partial charge >= 0.3 is 0 Å². The van der Waals surface area contributed by atoms with E-state index in [2.05, 4.69) is 5.32 Å². The molecule has 1 amide bonds. The summed E-state index contributed by atoms with van der Waals surface area (Å²) in [6.45, 7) is 1.94. The number of ether oxygens (including phenoxy) is 1. The number of methoxy groups -OCH3 is 1. The van der Waals surface area contributed by atoms with Crippen LogP contribution in [0.5, 0.6) is 5.75 Å². The van der Waals surface area contributed by atoms with E-state index in [1.54, 1.807) is 19.3 Å². The number of carbonyl (C=O) groups is 1. The predicted molar refractivity (Wildman–Crippen MR) is 110 cm³/mol. The average Bonchev–Trinajstić information content (AvgIpc) is 2.76. The van der Waals surface area contributed by atoms with Crippen LogP contribution in [0.25, 0.3) is 17.2 Å². The van der Waals surface area contributed by atoms with Crippen molar-refractivity contribution in [2.45, 2.75) is 31.4 Å². The second-order valence-corrected chi connectivity index (χ2v) is 7.15. The van der Waals surface area contributed by atoms with Crippen LogP contribution in [-0.4, -0.2) is 47.4 Å². The Morgan fingerprint density at radius 1 is 1.10 bits per heavy atom. The summed E-state index contributed by atoms with van der Waals surface area (Å²) in [7, 11) is 1.61. The van der Waals surface area contributed by atoms with E-state index in [9.17, 15) is 18.7 Å². The molecule has 30 heavy (non-hydrogen) atoms. The van der Waals surface area contributed by atoms with Gasteiger partial charge in [0.25, 0.3) is 12.3 Å². The van der Waals surface area contributed by atoms with Gasteiger partial charge in [0, 0.05) is 6.54 Å². The number of alkyl halides is 2. The molecular formula is C22H26F2N2O4. The molecule has 2 aromatic carbocycles. The van der Waals surface area contributed by atoms with Crippen molar-refractivity contribution < 1.29 is 28.6 Å². The molecule has 0 aromatic heterocycles. The number of carbonyl (C=O) groups excluding carboxylic acids is 1. The quantitative estimate of drug-likeness (QED) is 0.369. The SMILES string of the molecule is COc1ccc(-c2ccc(/C=C/CNC(C)(C(=O)NO)[C@](C)(O)C(F)F)cc2)cc1. The third-order valence-electron chi connectivity index (χ3n) is 5.21. The van der Waals surface area contributed by atoms with Gasteiger partial charge in [0.2, 0.25) is 0 Å². The van der Waals surface area contributed by atoms with Crippen molar-refractivity contribution in [3.63, 3.8) is 0 Å². The van der Waals surface area contributed by atoms with Gasteiger partial charge in [-0.2, -0.15) is 0 Å². The molecule has 0 aliphatic carbocycles. The smallest absolute Gasteiger partial charge is 0.268 e. The van der Waals surface area contributed by atoms with Crippen LogP contribution in [0.4, 0.5) is 8.78 Å². The molecule has 4 N–H and O–H groups in total. The van der Waals surface area contributed by atoms with Crippen LogP contribution in [0.2, 0.25) is 0 Å². The fourth-order valence-corrected chi connectivity index (χ4v) is 2.85. The number of hydrogen-bond acceptors (Lipinski definition) is 5. The van der Waals surface area contributed by atoms with Crippen LogP contribution in [0, 0.1) is 0 Å². The number of nitrogens with one attached hydrogen (secondary N) is 2. The molecule has 2 atom stereocenters. The van der Waals surface area contributed by atoms with E-state index in [-0.39, 0.29) is 6.54 Å². The summed E-state index contributed by atoms with van der Waals surface area (Å²) in [6, 6.07) is 15.3. The molecule has 0 aliphatic rings. The highest BCUT2D eigenvalue weighted by atomic mass is 19.3. The van der Waals surface area contributed by atoms with Gasteiger partial charge in [-0.15, -0.1) is 0 Å². The first-order valence-corrected chi connectivity index (χ1v) is 9.27. The Bertz CT molecular complexity index is 868. The zero-order valence-electron chi connectivity index (χ0n) is 17.0. The van der Waals surface area contributed by atoms with Crippen molar-refractivity contribution in [1.82, 2.24) is 10.8 Å². The van der Waals surface area contributed by atoms with Crippen LogP contribution in [0.15, 0.2) is 54.6 Å². The standard InChI is InChI=1S/C22H26F2N2O4/c1-21(20(27)26-29,22(2,28)19(23)24)25-14-4-5-15-6-8-16(9-7-15)17-10-12-18(30-3)13-11-17/h4-13,19,25,28-29H,14H2,1-3H3,(H,26,27)/b5-4+/t21?,22-/m1/s1. The lowest BCUT2D eigenvalue weighted by molar-refractivity contribution is -0.166. The predicted octanol–water partition coefficient (Wildman–Crippen LogP) is 3.25. The van der Waals surface area contributed by atoms with Gasteiger partial charge in [-0.1, -0.05) is 48.6 Å². The fourth-order valence-electron chi connectivity index (χ4n) is 2.85. The number of aliphatic hydroxyl groups is 1. The second-order valence-electron chi connectivity index (χ2n) is 7.15. The van der Waals surface area contributed by atoms with E-state index in [0.29, 0.717) is 0 Å². The summed E-state index contributed by atoms with van der Waals surface area (Å²) in [5, 5.41) is 21.5. The number of hydrogen-bond donors (Lipinski definition) is 4. The minimum Gasteiger partial charge on any atom is -0.497 e. The lowest BCUT2D eigenvalue weighted by atomic mass is 9.81. The maximum Gasteiger partial charge on any atom is 0.268 e. The van der Waals surface area contributed by atoms with Gasteiger partial charge in [-0.05, 0) is 42.7 Å².